The largest absolute Gasteiger partial charge is 0.466 e. The predicted molar refractivity (Wildman–Crippen MR) is 88.5 cm³/mol. The third-order valence-corrected chi connectivity index (χ3v) is 3.74. The van der Waals surface area contributed by atoms with Crippen LogP contribution in [0.2, 0.25) is 10.0 Å². The summed E-state index contributed by atoms with van der Waals surface area (Å²) in [6, 6.07) is 3.25. The van der Waals surface area contributed by atoms with E-state index in [0.717, 1.165) is 0 Å². The fourth-order valence-corrected chi connectivity index (χ4v) is 2.30. The van der Waals surface area contributed by atoms with E-state index in [-0.39, 0.29) is 6.42 Å². The topological polar surface area (TPSA) is 76.7 Å². The van der Waals surface area contributed by atoms with Gasteiger partial charge in [-0.15, -0.1) is 0 Å². The molecule has 23 heavy (non-hydrogen) atoms. The molecule has 0 atom stereocenters. The van der Waals surface area contributed by atoms with Crippen LogP contribution in [0.5, 0.6) is 0 Å². The first-order chi connectivity index (χ1) is 10.9. The predicted octanol–water partition coefficient (Wildman–Crippen LogP) is 3.33. The normalized spacial score (nSPS) is 16.9. The summed E-state index contributed by atoms with van der Waals surface area (Å²) in [6.45, 7) is 0. The number of halogens is 2. The van der Waals surface area contributed by atoms with Crippen LogP contribution in [-0.4, -0.2) is 26.2 Å². The molecule has 1 aliphatic rings. The van der Waals surface area contributed by atoms with Crippen LogP contribution in [0, 0.1) is 0 Å². The molecule has 0 aliphatic carbocycles. The van der Waals surface area contributed by atoms with Gasteiger partial charge in [0.1, 0.15) is 0 Å². The molecule has 1 heterocycles. The molecule has 2 N–H and O–H groups in total. The van der Waals surface area contributed by atoms with Crippen LogP contribution in [0.1, 0.15) is 6.42 Å². The first kappa shape index (κ1) is 17.2. The van der Waals surface area contributed by atoms with Gasteiger partial charge in [-0.25, -0.2) is 9.59 Å². The van der Waals surface area contributed by atoms with Crippen LogP contribution in [0.3, 0.4) is 0 Å². The minimum atomic E-state index is -0.520. The van der Waals surface area contributed by atoms with Gasteiger partial charge in [-0.05, 0) is 12.1 Å². The number of carbonyl (C=O) groups is 2. The number of fused-ring (bicyclic) bond motifs is 1. The third kappa shape index (κ3) is 4.40. The number of benzene rings is 1. The van der Waals surface area contributed by atoms with E-state index in [9.17, 15) is 9.59 Å². The molecule has 0 saturated carbocycles. The molecule has 2 rings (SSSR count). The number of hydrogen-bond acceptors (Lipinski definition) is 6. The lowest BCUT2D eigenvalue weighted by Gasteiger charge is -2.10. The molecule has 0 spiro atoms. The SMILES string of the molecule is COC(=O)/C=C1/C/C(=C/C(=O)OC)Nc2cc(Cl)c(Cl)cc2N1. The maximum absolute atomic E-state index is 11.5. The Labute approximate surface area is 143 Å². The highest BCUT2D eigenvalue weighted by atomic mass is 35.5. The van der Waals surface area contributed by atoms with E-state index in [0.29, 0.717) is 32.8 Å². The molecule has 0 amide bonds. The Balaban J connectivity index is 2.48. The fraction of sp³-hybridized carbons (Fsp3) is 0.200. The van der Waals surface area contributed by atoms with Crippen LogP contribution in [0.25, 0.3) is 0 Å². The lowest BCUT2D eigenvalue weighted by molar-refractivity contribution is -0.135. The smallest absolute Gasteiger partial charge is 0.332 e. The van der Waals surface area contributed by atoms with E-state index in [2.05, 4.69) is 20.1 Å². The molecule has 1 aromatic rings. The monoisotopic (exact) mass is 356 g/mol. The van der Waals surface area contributed by atoms with Crippen LogP contribution < -0.4 is 10.6 Å². The van der Waals surface area contributed by atoms with Gasteiger partial charge in [0.2, 0.25) is 0 Å². The molecule has 0 saturated heterocycles. The van der Waals surface area contributed by atoms with Gasteiger partial charge in [0, 0.05) is 30.0 Å². The lowest BCUT2D eigenvalue weighted by atomic mass is 10.2. The first-order valence-electron chi connectivity index (χ1n) is 6.53. The van der Waals surface area contributed by atoms with Gasteiger partial charge in [0.25, 0.3) is 0 Å². The van der Waals surface area contributed by atoms with E-state index in [1.54, 1.807) is 12.1 Å². The molecular weight excluding hydrogens is 343 g/mol. The average molecular weight is 357 g/mol. The van der Waals surface area contributed by atoms with Crippen molar-refractivity contribution in [2.75, 3.05) is 24.9 Å². The number of nitrogens with one attached hydrogen (secondary N) is 2. The zero-order valence-corrected chi connectivity index (χ0v) is 13.9. The highest BCUT2D eigenvalue weighted by Gasteiger charge is 2.17. The Morgan fingerprint density at radius 2 is 1.35 bits per heavy atom. The van der Waals surface area contributed by atoms with E-state index < -0.39 is 11.9 Å². The van der Waals surface area contributed by atoms with E-state index in [1.807, 2.05) is 0 Å². The molecule has 0 aromatic heterocycles. The van der Waals surface area contributed by atoms with Crippen molar-refractivity contribution in [1.29, 1.82) is 0 Å². The van der Waals surface area contributed by atoms with E-state index >= 15 is 0 Å². The van der Waals surface area contributed by atoms with Crippen molar-refractivity contribution in [3.63, 3.8) is 0 Å². The maximum atomic E-state index is 11.5. The zero-order chi connectivity index (χ0) is 17.0. The van der Waals surface area contributed by atoms with Crippen LogP contribution in [0.15, 0.2) is 35.7 Å². The van der Waals surface area contributed by atoms with Gasteiger partial charge in [-0.3, -0.25) is 0 Å². The highest BCUT2D eigenvalue weighted by molar-refractivity contribution is 6.42. The van der Waals surface area contributed by atoms with Crippen molar-refractivity contribution in [2.45, 2.75) is 6.42 Å². The zero-order valence-electron chi connectivity index (χ0n) is 12.4. The summed E-state index contributed by atoms with van der Waals surface area (Å²) in [5.41, 5.74) is 2.28. The number of methoxy groups -OCH3 is 2. The highest BCUT2D eigenvalue weighted by Crippen LogP contribution is 2.37. The fourth-order valence-electron chi connectivity index (χ4n) is 1.97. The number of hydrogen-bond donors (Lipinski definition) is 2. The van der Waals surface area contributed by atoms with Crippen molar-refractivity contribution in [2.24, 2.45) is 0 Å². The summed E-state index contributed by atoms with van der Waals surface area (Å²) in [7, 11) is 2.56. The van der Waals surface area contributed by atoms with Crippen molar-refractivity contribution >= 4 is 46.5 Å². The number of esters is 2. The summed E-state index contributed by atoms with van der Waals surface area (Å²) in [5, 5.41) is 6.87. The Hall–Kier alpha value is -2.18. The molecule has 0 fully saturated rings. The van der Waals surface area contributed by atoms with Crippen LogP contribution >= 0.6 is 23.2 Å². The Morgan fingerprint density at radius 3 is 1.70 bits per heavy atom. The number of anilines is 2. The van der Waals surface area contributed by atoms with Crippen LogP contribution in [0.4, 0.5) is 11.4 Å². The second-order valence-corrected chi connectivity index (χ2v) is 5.44. The molecule has 122 valence electrons. The molecule has 0 radical (unpaired) electrons. The van der Waals surface area contributed by atoms with Crippen LogP contribution in [-0.2, 0) is 19.1 Å². The molecule has 1 aliphatic heterocycles. The molecule has 8 heteroatoms. The summed E-state index contributed by atoms with van der Waals surface area (Å²) in [5.74, 6) is -1.04. The lowest BCUT2D eigenvalue weighted by Crippen LogP contribution is -2.06. The van der Waals surface area contributed by atoms with E-state index in [4.69, 9.17) is 23.2 Å². The summed E-state index contributed by atoms with van der Waals surface area (Å²) in [4.78, 5) is 23.0. The first-order valence-corrected chi connectivity index (χ1v) is 7.28. The van der Waals surface area contributed by atoms with Gasteiger partial charge in [-0.1, -0.05) is 23.2 Å². The van der Waals surface area contributed by atoms with E-state index in [1.165, 1.54) is 26.4 Å². The molecule has 0 bridgehead atoms. The third-order valence-electron chi connectivity index (χ3n) is 3.02. The summed E-state index contributed by atoms with van der Waals surface area (Å²) < 4.78 is 9.26. The Kier molecular flexibility index (Phi) is 5.52. The van der Waals surface area contributed by atoms with Gasteiger partial charge in [0.05, 0.1) is 35.6 Å². The summed E-state index contributed by atoms with van der Waals surface area (Å²) in [6.07, 6.45) is 2.85. The van der Waals surface area contributed by atoms with Crippen molar-refractivity contribution in [1.82, 2.24) is 0 Å². The minimum Gasteiger partial charge on any atom is -0.466 e. The average Bonchev–Trinajstić information content (AvgIpc) is 2.66. The molecular formula is C15H14Cl2N2O4. The van der Waals surface area contributed by atoms with Crippen molar-refractivity contribution in [3.05, 3.63) is 45.7 Å². The molecule has 6 nitrogen and oxygen atoms in total. The van der Waals surface area contributed by atoms with Gasteiger partial charge in [-0.2, -0.15) is 0 Å². The maximum Gasteiger partial charge on any atom is 0.332 e. The quantitative estimate of drug-likeness (QED) is 0.625. The van der Waals surface area contributed by atoms with Gasteiger partial charge >= 0.3 is 11.9 Å². The number of ether oxygens (including phenoxy) is 2. The molecule has 1 aromatic carbocycles. The Bertz CT molecular complexity index is 655. The second-order valence-electron chi connectivity index (χ2n) is 4.62. The standard InChI is InChI=1S/C15H14Cl2N2O4/c1-22-14(20)4-8-3-9(5-15(21)23-2)19-13-7-11(17)10(16)6-12(13)18-8/h4-7,18-19H,3H2,1-2H3/b8-4-,9-5-. The van der Waals surface area contributed by atoms with Gasteiger partial charge in [0.15, 0.2) is 0 Å². The number of rotatable bonds is 2. The van der Waals surface area contributed by atoms with Gasteiger partial charge < -0.3 is 20.1 Å². The number of carbonyl (C=O) groups excluding carboxylic acids is 2. The van der Waals surface area contributed by atoms with Crippen molar-refractivity contribution < 1.29 is 19.1 Å². The summed E-state index contributed by atoms with van der Waals surface area (Å²) >= 11 is 12.0. The molecule has 0 unspecified atom stereocenters. The van der Waals surface area contributed by atoms with Crippen molar-refractivity contribution in [3.8, 4) is 0 Å². The Morgan fingerprint density at radius 1 is 0.957 bits per heavy atom. The minimum absolute atomic E-state index is 0.258. The second kappa shape index (κ2) is 7.39.